The second-order valence-corrected chi connectivity index (χ2v) is 7.08. The Hall–Kier alpha value is -3.08. The fraction of sp³-hybridized carbons (Fsp3) is 0.333. The van der Waals surface area contributed by atoms with E-state index >= 15 is 0 Å². The molecule has 1 amide bonds. The van der Waals surface area contributed by atoms with E-state index in [0.717, 1.165) is 10.6 Å². The molecule has 2 aromatic rings. The highest BCUT2D eigenvalue weighted by atomic mass is 35.5. The lowest BCUT2D eigenvalue weighted by Gasteiger charge is -2.36. The largest absolute Gasteiger partial charge is 0.417 e. The standard InChI is InChI=1S/C18H16ClF3N4O4/c19-13-2-3-14(15(9-13)26(29)30)23-5-7-24(8-6-23)17(28)11-25-10-12(18(20,21)22)1-4-16(25)27/h1-4,9-10H,5-8,11H2. The van der Waals surface area contributed by atoms with Gasteiger partial charge in [0.25, 0.3) is 11.2 Å². The Balaban J connectivity index is 1.68. The minimum Gasteiger partial charge on any atom is -0.362 e. The topological polar surface area (TPSA) is 88.7 Å². The van der Waals surface area contributed by atoms with Gasteiger partial charge in [0.05, 0.1) is 10.5 Å². The molecule has 0 bridgehead atoms. The third kappa shape index (κ3) is 4.73. The Bertz CT molecular complexity index is 1030. The second kappa shape index (κ2) is 8.34. The summed E-state index contributed by atoms with van der Waals surface area (Å²) in [6, 6.07) is 5.74. The van der Waals surface area contributed by atoms with Crippen LogP contribution in [0.5, 0.6) is 0 Å². The number of rotatable bonds is 4. The number of pyridine rings is 1. The Morgan fingerprint density at radius 2 is 1.80 bits per heavy atom. The summed E-state index contributed by atoms with van der Waals surface area (Å²) in [5.74, 6) is -0.512. The molecule has 0 atom stereocenters. The van der Waals surface area contributed by atoms with Crippen LogP contribution in [-0.4, -0.2) is 46.5 Å². The lowest BCUT2D eigenvalue weighted by atomic mass is 10.2. The van der Waals surface area contributed by atoms with Crippen LogP contribution < -0.4 is 10.5 Å². The number of nitro groups is 1. The van der Waals surface area contributed by atoms with E-state index in [1.54, 1.807) is 4.90 Å². The van der Waals surface area contributed by atoms with Crippen molar-refractivity contribution in [2.45, 2.75) is 12.7 Å². The van der Waals surface area contributed by atoms with Crippen LogP contribution in [0.15, 0.2) is 41.3 Å². The van der Waals surface area contributed by atoms with E-state index in [-0.39, 0.29) is 36.9 Å². The van der Waals surface area contributed by atoms with Crippen molar-refractivity contribution in [2.24, 2.45) is 0 Å². The minimum atomic E-state index is -4.63. The first-order chi connectivity index (χ1) is 14.1. The number of carbonyl (C=O) groups excluding carboxylic acids is 1. The van der Waals surface area contributed by atoms with E-state index in [0.29, 0.717) is 18.0 Å². The van der Waals surface area contributed by atoms with Gasteiger partial charge in [-0.15, -0.1) is 0 Å². The monoisotopic (exact) mass is 444 g/mol. The van der Waals surface area contributed by atoms with Gasteiger partial charge < -0.3 is 14.4 Å². The summed E-state index contributed by atoms with van der Waals surface area (Å²) >= 11 is 5.82. The number of alkyl halides is 3. The summed E-state index contributed by atoms with van der Waals surface area (Å²) in [6.45, 7) is 0.444. The van der Waals surface area contributed by atoms with Crippen LogP contribution in [-0.2, 0) is 17.5 Å². The van der Waals surface area contributed by atoms with Crippen LogP contribution in [0.1, 0.15) is 5.56 Å². The van der Waals surface area contributed by atoms with E-state index in [9.17, 15) is 32.9 Å². The van der Waals surface area contributed by atoms with Crippen molar-refractivity contribution in [3.05, 3.63) is 67.6 Å². The maximum atomic E-state index is 12.8. The molecule has 1 aromatic carbocycles. The molecule has 1 aliphatic rings. The first-order valence-corrected chi connectivity index (χ1v) is 9.18. The van der Waals surface area contributed by atoms with E-state index in [1.165, 1.54) is 23.1 Å². The second-order valence-electron chi connectivity index (χ2n) is 6.64. The maximum Gasteiger partial charge on any atom is 0.417 e. The van der Waals surface area contributed by atoms with E-state index in [2.05, 4.69) is 0 Å². The van der Waals surface area contributed by atoms with E-state index < -0.39 is 34.7 Å². The molecule has 12 heteroatoms. The fourth-order valence-corrected chi connectivity index (χ4v) is 3.34. The molecule has 0 unspecified atom stereocenters. The molecule has 0 spiro atoms. The molecule has 0 aliphatic carbocycles. The van der Waals surface area contributed by atoms with Gasteiger partial charge in [-0.25, -0.2) is 0 Å². The number of benzene rings is 1. The third-order valence-corrected chi connectivity index (χ3v) is 4.96. The quantitative estimate of drug-likeness (QED) is 0.534. The summed E-state index contributed by atoms with van der Waals surface area (Å²) in [7, 11) is 0. The van der Waals surface area contributed by atoms with Gasteiger partial charge in [0.2, 0.25) is 5.91 Å². The van der Waals surface area contributed by atoms with Crippen LogP contribution in [0.25, 0.3) is 0 Å². The van der Waals surface area contributed by atoms with Crippen molar-refractivity contribution in [1.82, 2.24) is 9.47 Å². The van der Waals surface area contributed by atoms with Crippen molar-refractivity contribution in [1.29, 1.82) is 0 Å². The lowest BCUT2D eigenvalue weighted by molar-refractivity contribution is -0.384. The zero-order valence-electron chi connectivity index (χ0n) is 15.4. The highest BCUT2D eigenvalue weighted by molar-refractivity contribution is 6.30. The molecule has 1 fully saturated rings. The number of nitro benzene ring substituents is 1. The molecule has 3 rings (SSSR count). The van der Waals surface area contributed by atoms with Crippen LogP contribution in [0.4, 0.5) is 24.5 Å². The number of hydrogen-bond donors (Lipinski definition) is 0. The van der Waals surface area contributed by atoms with Crippen LogP contribution in [0, 0.1) is 10.1 Å². The predicted octanol–water partition coefficient (Wildman–Crippen LogP) is 2.78. The van der Waals surface area contributed by atoms with E-state index in [4.69, 9.17) is 11.6 Å². The molecular formula is C18H16ClF3N4O4. The average molecular weight is 445 g/mol. The molecule has 8 nitrogen and oxygen atoms in total. The number of carbonyl (C=O) groups is 1. The van der Waals surface area contributed by atoms with Crippen molar-refractivity contribution < 1.29 is 22.9 Å². The maximum absolute atomic E-state index is 12.8. The highest BCUT2D eigenvalue weighted by Gasteiger charge is 2.31. The van der Waals surface area contributed by atoms with Crippen molar-refractivity contribution in [3.8, 4) is 0 Å². The first kappa shape index (κ1) is 21.6. The molecular weight excluding hydrogens is 429 g/mol. The highest BCUT2D eigenvalue weighted by Crippen LogP contribution is 2.32. The van der Waals surface area contributed by atoms with Gasteiger partial charge in [-0.3, -0.25) is 19.7 Å². The van der Waals surface area contributed by atoms with Gasteiger partial charge in [-0.2, -0.15) is 13.2 Å². The van der Waals surface area contributed by atoms with Crippen molar-refractivity contribution in [3.63, 3.8) is 0 Å². The number of nitrogens with zero attached hydrogens (tertiary/aromatic N) is 4. The molecule has 1 saturated heterocycles. The Morgan fingerprint density at radius 3 is 2.40 bits per heavy atom. The zero-order valence-corrected chi connectivity index (χ0v) is 16.2. The Labute approximate surface area is 173 Å². The number of piperazine rings is 1. The van der Waals surface area contributed by atoms with Crippen LogP contribution in [0.3, 0.4) is 0 Å². The Morgan fingerprint density at radius 1 is 1.13 bits per heavy atom. The predicted molar refractivity (Wildman–Crippen MR) is 103 cm³/mol. The number of aromatic nitrogens is 1. The first-order valence-electron chi connectivity index (χ1n) is 8.80. The number of amides is 1. The van der Waals surface area contributed by atoms with Crippen molar-refractivity contribution >= 4 is 28.9 Å². The van der Waals surface area contributed by atoms with Crippen molar-refractivity contribution in [2.75, 3.05) is 31.1 Å². The normalized spacial score (nSPS) is 14.7. The molecule has 160 valence electrons. The summed E-state index contributed by atoms with van der Waals surface area (Å²) in [6.07, 6.45) is -4.01. The van der Waals surface area contributed by atoms with E-state index in [1.807, 2.05) is 0 Å². The smallest absolute Gasteiger partial charge is 0.362 e. The summed E-state index contributed by atoms with van der Waals surface area (Å²) in [4.78, 5) is 38.2. The van der Waals surface area contributed by atoms with Crippen LogP contribution in [0.2, 0.25) is 5.02 Å². The van der Waals surface area contributed by atoms with Gasteiger partial charge >= 0.3 is 6.18 Å². The van der Waals surface area contributed by atoms with Gasteiger partial charge in [0.15, 0.2) is 0 Å². The van der Waals surface area contributed by atoms with Crippen LogP contribution >= 0.6 is 11.6 Å². The minimum absolute atomic E-state index is 0.155. The molecule has 1 aromatic heterocycles. The number of anilines is 1. The van der Waals surface area contributed by atoms with Gasteiger partial charge in [0.1, 0.15) is 12.2 Å². The zero-order chi connectivity index (χ0) is 22.1. The Kier molecular flexibility index (Phi) is 6.01. The fourth-order valence-electron chi connectivity index (χ4n) is 3.18. The SMILES string of the molecule is O=C(Cn1cc(C(F)(F)F)ccc1=O)N1CCN(c2ccc(Cl)cc2[N+](=O)[O-])CC1. The molecule has 0 radical (unpaired) electrons. The van der Waals surface area contributed by atoms with Gasteiger partial charge in [0, 0.05) is 49.5 Å². The molecule has 0 N–H and O–H groups in total. The summed E-state index contributed by atoms with van der Waals surface area (Å²) in [5.41, 5.74) is -1.52. The summed E-state index contributed by atoms with van der Waals surface area (Å²) in [5, 5.41) is 11.5. The lowest BCUT2D eigenvalue weighted by Crippen LogP contribution is -2.50. The van der Waals surface area contributed by atoms with Gasteiger partial charge in [-0.05, 0) is 18.2 Å². The third-order valence-electron chi connectivity index (χ3n) is 4.72. The molecule has 1 aliphatic heterocycles. The number of hydrogen-bond acceptors (Lipinski definition) is 5. The molecule has 0 saturated carbocycles. The number of halogens is 4. The summed E-state index contributed by atoms with van der Waals surface area (Å²) < 4.78 is 39.2. The molecule has 2 heterocycles. The van der Waals surface area contributed by atoms with Gasteiger partial charge in [-0.1, -0.05) is 11.6 Å². The molecule has 30 heavy (non-hydrogen) atoms. The average Bonchev–Trinajstić information content (AvgIpc) is 2.68.